The Balaban J connectivity index is 0.954. The topological polar surface area (TPSA) is 90.4 Å². The Morgan fingerprint density at radius 3 is 2.38 bits per heavy atom. The second-order valence-corrected chi connectivity index (χ2v) is 11.0. The lowest BCUT2D eigenvalue weighted by molar-refractivity contribution is -0.132. The number of nitrogens with zero attached hydrogens (tertiary/aromatic N) is 3. The Kier molecular flexibility index (Phi) is 6.90. The number of fused-ring (bicyclic) bond motifs is 2. The summed E-state index contributed by atoms with van der Waals surface area (Å²) in [6, 6.07) is 11.3. The van der Waals surface area contributed by atoms with E-state index in [1.54, 1.807) is 18.2 Å². The van der Waals surface area contributed by atoms with Crippen LogP contribution in [0.1, 0.15) is 21.6 Å². The van der Waals surface area contributed by atoms with Crippen molar-refractivity contribution in [2.45, 2.75) is 17.3 Å². The zero-order chi connectivity index (χ0) is 25.2. The van der Waals surface area contributed by atoms with Crippen molar-refractivity contribution in [1.82, 2.24) is 14.8 Å². The Bertz CT molecular complexity index is 1320. The number of piperazine rings is 1. The lowest BCUT2D eigenvalue weighted by Crippen LogP contribution is -2.48. The zero-order valence-corrected chi connectivity index (χ0v) is 21.6. The van der Waals surface area contributed by atoms with Crippen LogP contribution < -0.4 is 18.9 Å². The molecule has 1 amide bonds. The lowest BCUT2D eigenvalue weighted by Gasteiger charge is -2.34. The van der Waals surface area contributed by atoms with E-state index in [9.17, 15) is 9.59 Å². The van der Waals surface area contributed by atoms with Gasteiger partial charge in [-0.05, 0) is 35.9 Å². The molecule has 37 heavy (non-hydrogen) atoms. The van der Waals surface area contributed by atoms with Crippen LogP contribution in [-0.4, -0.2) is 72.0 Å². The average molecular weight is 540 g/mol. The molecule has 1 saturated heterocycles. The summed E-state index contributed by atoms with van der Waals surface area (Å²) < 4.78 is 22.3. The second kappa shape index (κ2) is 10.6. The monoisotopic (exact) mass is 539 g/mol. The van der Waals surface area contributed by atoms with Crippen LogP contribution in [0, 0.1) is 0 Å². The molecule has 0 N–H and O–H groups in total. The van der Waals surface area contributed by atoms with Crippen LogP contribution in [0.2, 0.25) is 0 Å². The van der Waals surface area contributed by atoms with E-state index < -0.39 is 0 Å². The first kappa shape index (κ1) is 24.1. The zero-order valence-electron chi connectivity index (χ0n) is 20.0. The number of hydrogen-bond acceptors (Lipinski definition) is 10. The number of ether oxygens (including phenoxy) is 4. The minimum Gasteiger partial charge on any atom is -0.454 e. The van der Waals surface area contributed by atoms with E-state index in [0.717, 1.165) is 41.2 Å². The number of aromatic nitrogens is 1. The van der Waals surface area contributed by atoms with Gasteiger partial charge in [0, 0.05) is 43.7 Å². The highest BCUT2D eigenvalue weighted by Crippen LogP contribution is 2.34. The van der Waals surface area contributed by atoms with Gasteiger partial charge in [-0.3, -0.25) is 14.5 Å². The van der Waals surface area contributed by atoms with E-state index in [1.165, 1.54) is 28.7 Å². The molecule has 3 aliphatic rings. The molecule has 0 saturated carbocycles. The molecule has 2 aromatic carbocycles. The molecule has 0 radical (unpaired) electrons. The molecule has 0 spiro atoms. The fourth-order valence-corrected chi connectivity index (χ4v) is 6.18. The quantitative estimate of drug-likeness (QED) is 0.315. The Morgan fingerprint density at radius 1 is 0.892 bits per heavy atom. The molecular weight excluding hydrogens is 514 g/mol. The minimum absolute atomic E-state index is 0.00487. The van der Waals surface area contributed by atoms with Gasteiger partial charge in [0.1, 0.15) is 0 Å². The highest BCUT2D eigenvalue weighted by atomic mass is 32.2. The number of amides is 1. The fourth-order valence-electron chi connectivity index (χ4n) is 4.44. The Morgan fingerprint density at radius 2 is 1.59 bits per heavy atom. The number of carbonyl (C=O) groups is 2. The van der Waals surface area contributed by atoms with Crippen LogP contribution in [0.4, 0.5) is 0 Å². The van der Waals surface area contributed by atoms with E-state index >= 15 is 0 Å². The number of thioether (sulfide) groups is 1. The molecule has 11 heteroatoms. The van der Waals surface area contributed by atoms with Gasteiger partial charge in [-0.25, -0.2) is 4.98 Å². The van der Waals surface area contributed by atoms with Gasteiger partial charge in [-0.2, -0.15) is 0 Å². The van der Waals surface area contributed by atoms with Crippen LogP contribution in [0.3, 0.4) is 0 Å². The molecule has 4 heterocycles. The van der Waals surface area contributed by atoms with Gasteiger partial charge in [0.25, 0.3) is 0 Å². The molecule has 9 nitrogen and oxygen atoms in total. The number of hydrogen-bond donors (Lipinski definition) is 0. The molecule has 3 aliphatic heterocycles. The molecule has 1 aromatic heterocycles. The summed E-state index contributed by atoms with van der Waals surface area (Å²) in [6.45, 7) is 4.30. The summed E-state index contributed by atoms with van der Waals surface area (Å²) in [4.78, 5) is 34.3. The highest BCUT2D eigenvalue weighted by Gasteiger charge is 2.23. The summed E-state index contributed by atoms with van der Waals surface area (Å²) in [6.07, 6.45) is 0.273. The van der Waals surface area contributed by atoms with E-state index in [-0.39, 0.29) is 37.4 Å². The second-order valence-electron chi connectivity index (χ2n) is 8.91. The molecule has 0 unspecified atom stereocenters. The summed E-state index contributed by atoms with van der Waals surface area (Å²) >= 11 is 2.85. The Hall–Kier alpha value is -3.28. The van der Waals surface area contributed by atoms with Gasteiger partial charge in [0.05, 0.1) is 17.9 Å². The van der Waals surface area contributed by atoms with Crippen LogP contribution in [0.5, 0.6) is 23.0 Å². The number of ketones is 1. The number of thiazole rings is 1. The van der Waals surface area contributed by atoms with Crippen molar-refractivity contribution >= 4 is 34.8 Å². The number of Topliss-reactive ketones (excluding diaryl/α,β-unsaturated/α-hetero) is 1. The average Bonchev–Trinajstić information content (AvgIpc) is 3.68. The third-order valence-electron chi connectivity index (χ3n) is 6.45. The maximum Gasteiger partial charge on any atom is 0.231 e. The van der Waals surface area contributed by atoms with Crippen molar-refractivity contribution in [1.29, 1.82) is 0 Å². The molecule has 0 bridgehead atoms. The highest BCUT2D eigenvalue weighted by molar-refractivity contribution is 8.01. The van der Waals surface area contributed by atoms with Gasteiger partial charge in [-0.1, -0.05) is 17.8 Å². The molecular formula is C26H25N3O6S2. The molecule has 3 aromatic rings. The fraction of sp³-hybridized carbons (Fsp3) is 0.346. The van der Waals surface area contributed by atoms with E-state index in [4.69, 9.17) is 18.9 Å². The maximum atomic E-state index is 12.9. The summed E-state index contributed by atoms with van der Waals surface area (Å²) in [5, 5.41) is 1.90. The third kappa shape index (κ3) is 5.53. The maximum absolute atomic E-state index is 12.9. The van der Waals surface area contributed by atoms with Gasteiger partial charge in [0.2, 0.25) is 19.5 Å². The van der Waals surface area contributed by atoms with Crippen molar-refractivity contribution < 1.29 is 28.5 Å². The van der Waals surface area contributed by atoms with E-state index in [0.29, 0.717) is 30.2 Å². The first-order valence-electron chi connectivity index (χ1n) is 12.0. The standard InChI is InChI=1S/C26H25N3O6S2/c30-20(18-2-4-22-24(10-18)35-16-33-22)14-37-26-27-19(13-36-26)11-25(31)29-7-5-28(6-8-29)12-17-1-3-21-23(9-17)34-15-32-21/h1-4,9-10,13H,5-8,11-12,14-16H2. The van der Waals surface area contributed by atoms with Crippen molar-refractivity contribution in [3.05, 3.63) is 58.6 Å². The Labute approximate surface area is 222 Å². The van der Waals surface area contributed by atoms with Gasteiger partial charge in [-0.15, -0.1) is 11.3 Å². The predicted octanol–water partition coefficient (Wildman–Crippen LogP) is 3.46. The van der Waals surface area contributed by atoms with Crippen LogP contribution >= 0.6 is 23.1 Å². The van der Waals surface area contributed by atoms with Gasteiger partial charge < -0.3 is 23.8 Å². The normalized spacial score (nSPS) is 16.3. The van der Waals surface area contributed by atoms with Gasteiger partial charge in [0.15, 0.2) is 33.1 Å². The largest absolute Gasteiger partial charge is 0.454 e. The molecule has 6 rings (SSSR count). The molecule has 0 aliphatic carbocycles. The molecule has 0 atom stereocenters. The SMILES string of the molecule is O=C(CSc1nc(CC(=O)N2CCN(Cc3ccc4c(c3)OCO4)CC2)cs1)c1ccc2c(c1)OCO2. The third-order valence-corrected chi connectivity index (χ3v) is 8.52. The molecule has 1 fully saturated rings. The lowest BCUT2D eigenvalue weighted by atomic mass is 10.1. The van der Waals surface area contributed by atoms with Crippen LogP contribution in [0.25, 0.3) is 0 Å². The number of carbonyl (C=O) groups excluding carboxylic acids is 2. The van der Waals surface area contributed by atoms with E-state index in [2.05, 4.69) is 16.0 Å². The summed E-state index contributed by atoms with van der Waals surface area (Å²) in [5.74, 6) is 3.19. The first-order valence-corrected chi connectivity index (χ1v) is 13.9. The number of benzene rings is 2. The van der Waals surface area contributed by atoms with Crippen molar-refractivity contribution in [2.75, 3.05) is 45.5 Å². The van der Waals surface area contributed by atoms with Crippen LogP contribution in [-0.2, 0) is 17.8 Å². The molecule has 192 valence electrons. The predicted molar refractivity (Wildman–Crippen MR) is 138 cm³/mol. The van der Waals surface area contributed by atoms with Crippen molar-refractivity contribution in [3.8, 4) is 23.0 Å². The van der Waals surface area contributed by atoms with Crippen molar-refractivity contribution in [2.24, 2.45) is 0 Å². The van der Waals surface area contributed by atoms with Crippen LogP contribution in [0.15, 0.2) is 46.1 Å². The van der Waals surface area contributed by atoms with Gasteiger partial charge >= 0.3 is 0 Å². The summed E-state index contributed by atoms with van der Waals surface area (Å²) in [5.41, 5.74) is 2.51. The minimum atomic E-state index is -0.00487. The van der Waals surface area contributed by atoms with E-state index in [1.807, 2.05) is 22.4 Å². The smallest absolute Gasteiger partial charge is 0.231 e. The van der Waals surface area contributed by atoms with Crippen molar-refractivity contribution in [3.63, 3.8) is 0 Å². The number of rotatable bonds is 8. The summed E-state index contributed by atoms with van der Waals surface area (Å²) in [7, 11) is 0. The first-order chi connectivity index (χ1) is 18.1.